The molecule has 0 N–H and O–H groups in total. The van der Waals surface area contributed by atoms with E-state index in [0.29, 0.717) is 0 Å². The van der Waals surface area contributed by atoms with Gasteiger partial charge in [-0.25, -0.2) is 0 Å². The lowest BCUT2D eigenvalue weighted by molar-refractivity contribution is 0.0645. The van der Waals surface area contributed by atoms with Crippen LogP contribution in [0.4, 0.5) is 0 Å². The molecule has 2 heterocycles. The molecule has 0 aliphatic carbocycles. The minimum atomic E-state index is -0.215. The summed E-state index contributed by atoms with van der Waals surface area (Å²) in [6, 6.07) is 7.94. The van der Waals surface area contributed by atoms with Gasteiger partial charge in [0.05, 0.1) is 0 Å². The highest BCUT2D eigenvalue weighted by Crippen LogP contribution is 2.27. The predicted molar refractivity (Wildman–Crippen MR) is 65.1 cm³/mol. The Morgan fingerprint density at radius 1 is 1.38 bits per heavy atom. The van der Waals surface area contributed by atoms with Gasteiger partial charge >= 0.3 is 0 Å². The summed E-state index contributed by atoms with van der Waals surface area (Å²) in [5.41, 5.74) is 0.819. The number of hydrogen-bond donors (Lipinski definition) is 0. The fourth-order valence-corrected chi connectivity index (χ4v) is 3.06. The maximum absolute atomic E-state index is 12.2. The highest BCUT2D eigenvalue weighted by Gasteiger charge is 2.25. The van der Waals surface area contributed by atoms with Gasteiger partial charge in [-0.3, -0.25) is 4.79 Å². The SMILES string of the molecule is O=C(c1cccc2ccsc12)C1CCCO1. The third-order valence-corrected chi connectivity index (χ3v) is 3.93. The Morgan fingerprint density at radius 3 is 3.12 bits per heavy atom. The first-order chi connectivity index (χ1) is 7.86. The summed E-state index contributed by atoms with van der Waals surface area (Å²) in [6.45, 7) is 0.719. The van der Waals surface area contributed by atoms with Crippen LogP contribution in [0.25, 0.3) is 10.1 Å². The molecular formula is C13H12O2S. The molecule has 1 unspecified atom stereocenters. The zero-order valence-electron chi connectivity index (χ0n) is 8.81. The molecule has 1 fully saturated rings. The van der Waals surface area contributed by atoms with E-state index in [4.69, 9.17) is 4.74 Å². The largest absolute Gasteiger partial charge is 0.370 e. The maximum Gasteiger partial charge on any atom is 0.192 e. The van der Waals surface area contributed by atoms with Crippen LogP contribution in [0.5, 0.6) is 0 Å². The van der Waals surface area contributed by atoms with E-state index in [1.807, 2.05) is 29.6 Å². The Kier molecular flexibility index (Phi) is 2.50. The Hall–Kier alpha value is -1.19. The lowest BCUT2D eigenvalue weighted by Crippen LogP contribution is -2.19. The third-order valence-electron chi connectivity index (χ3n) is 2.97. The first-order valence-electron chi connectivity index (χ1n) is 5.48. The van der Waals surface area contributed by atoms with Crippen LogP contribution in [0, 0.1) is 0 Å². The molecular weight excluding hydrogens is 220 g/mol. The average molecular weight is 232 g/mol. The van der Waals surface area contributed by atoms with E-state index in [9.17, 15) is 4.79 Å². The quantitative estimate of drug-likeness (QED) is 0.743. The molecule has 3 rings (SSSR count). The van der Waals surface area contributed by atoms with Gasteiger partial charge in [-0.15, -0.1) is 11.3 Å². The average Bonchev–Trinajstić information content (AvgIpc) is 2.98. The molecule has 16 heavy (non-hydrogen) atoms. The van der Waals surface area contributed by atoms with Crippen LogP contribution in [0.15, 0.2) is 29.6 Å². The van der Waals surface area contributed by atoms with E-state index in [1.54, 1.807) is 11.3 Å². The maximum atomic E-state index is 12.2. The molecule has 0 bridgehead atoms. The highest BCUT2D eigenvalue weighted by atomic mass is 32.1. The number of benzene rings is 1. The number of fused-ring (bicyclic) bond motifs is 1. The zero-order chi connectivity index (χ0) is 11.0. The van der Waals surface area contributed by atoms with E-state index in [2.05, 4.69) is 0 Å². The molecule has 2 aromatic rings. The van der Waals surface area contributed by atoms with Crippen LogP contribution in [-0.4, -0.2) is 18.5 Å². The second-order valence-corrected chi connectivity index (χ2v) is 4.93. The highest BCUT2D eigenvalue weighted by molar-refractivity contribution is 7.17. The fraction of sp³-hybridized carbons (Fsp3) is 0.308. The van der Waals surface area contributed by atoms with E-state index in [1.165, 1.54) is 0 Å². The zero-order valence-corrected chi connectivity index (χ0v) is 9.63. The van der Waals surface area contributed by atoms with Crippen molar-refractivity contribution in [3.8, 4) is 0 Å². The monoisotopic (exact) mass is 232 g/mol. The molecule has 3 heteroatoms. The Morgan fingerprint density at radius 2 is 2.31 bits per heavy atom. The van der Waals surface area contributed by atoms with Crippen molar-refractivity contribution in [1.29, 1.82) is 0 Å². The van der Waals surface area contributed by atoms with Crippen molar-refractivity contribution in [3.05, 3.63) is 35.2 Å². The fourth-order valence-electron chi connectivity index (χ4n) is 2.14. The van der Waals surface area contributed by atoms with Crippen molar-refractivity contribution < 1.29 is 9.53 Å². The van der Waals surface area contributed by atoms with E-state index in [0.717, 1.165) is 35.1 Å². The van der Waals surface area contributed by atoms with E-state index in [-0.39, 0.29) is 11.9 Å². The van der Waals surface area contributed by atoms with Crippen LogP contribution in [-0.2, 0) is 4.74 Å². The van der Waals surface area contributed by atoms with Gasteiger partial charge < -0.3 is 4.74 Å². The van der Waals surface area contributed by atoms with Gasteiger partial charge in [-0.05, 0) is 35.7 Å². The molecule has 82 valence electrons. The third kappa shape index (κ3) is 1.56. The van der Waals surface area contributed by atoms with Gasteiger partial charge in [0.15, 0.2) is 5.78 Å². The van der Waals surface area contributed by atoms with Crippen LogP contribution < -0.4 is 0 Å². The number of thiophene rings is 1. The molecule has 1 aromatic heterocycles. The number of Topliss-reactive ketones (excluding diaryl/α,β-unsaturated/α-hetero) is 1. The summed E-state index contributed by atoms with van der Waals surface area (Å²) in [7, 11) is 0. The number of rotatable bonds is 2. The minimum absolute atomic E-state index is 0.144. The van der Waals surface area contributed by atoms with Crippen LogP contribution in [0.2, 0.25) is 0 Å². The molecule has 1 saturated heterocycles. The number of carbonyl (C=O) groups excluding carboxylic acids is 1. The van der Waals surface area contributed by atoms with Gasteiger partial charge in [0, 0.05) is 16.9 Å². The van der Waals surface area contributed by atoms with Gasteiger partial charge in [0.2, 0.25) is 0 Å². The number of ketones is 1. The van der Waals surface area contributed by atoms with E-state index >= 15 is 0 Å². The first kappa shape index (κ1) is 10.00. The topological polar surface area (TPSA) is 26.3 Å². The smallest absolute Gasteiger partial charge is 0.192 e. The van der Waals surface area contributed by atoms with Gasteiger partial charge in [0.25, 0.3) is 0 Å². The molecule has 0 amide bonds. The van der Waals surface area contributed by atoms with Crippen LogP contribution in [0.1, 0.15) is 23.2 Å². The number of ether oxygens (including phenoxy) is 1. The van der Waals surface area contributed by atoms with Crippen molar-refractivity contribution >= 4 is 27.2 Å². The van der Waals surface area contributed by atoms with Crippen molar-refractivity contribution in [3.63, 3.8) is 0 Å². The molecule has 0 radical (unpaired) electrons. The second kappa shape index (κ2) is 4.00. The summed E-state index contributed by atoms with van der Waals surface area (Å²) in [6.07, 6.45) is 1.64. The summed E-state index contributed by atoms with van der Waals surface area (Å²) in [5, 5.41) is 3.17. The lowest BCUT2D eigenvalue weighted by atomic mass is 10.0. The minimum Gasteiger partial charge on any atom is -0.370 e. The Bertz CT molecular complexity index is 523. The summed E-state index contributed by atoms with van der Waals surface area (Å²) in [4.78, 5) is 12.2. The Labute approximate surface area is 97.8 Å². The van der Waals surface area contributed by atoms with Gasteiger partial charge in [0.1, 0.15) is 6.10 Å². The summed E-state index contributed by atoms with van der Waals surface area (Å²) < 4.78 is 6.54. The van der Waals surface area contributed by atoms with Crippen LogP contribution >= 0.6 is 11.3 Å². The van der Waals surface area contributed by atoms with Crippen molar-refractivity contribution in [2.45, 2.75) is 18.9 Å². The molecule has 1 aliphatic heterocycles. The summed E-state index contributed by atoms with van der Waals surface area (Å²) in [5.74, 6) is 0.144. The van der Waals surface area contributed by atoms with Crippen molar-refractivity contribution in [1.82, 2.24) is 0 Å². The molecule has 1 aliphatic rings. The summed E-state index contributed by atoms with van der Waals surface area (Å²) >= 11 is 1.62. The van der Waals surface area contributed by atoms with Crippen molar-refractivity contribution in [2.75, 3.05) is 6.61 Å². The lowest BCUT2D eigenvalue weighted by Gasteiger charge is -2.08. The predicted octanol–water partition coefficient (Wildman–Crippen LogP) is 3.26. The van der Waals surface area contributed by atoms with E-state index < -0.39 is 0 Å². The normalized spacial score (nSPS) is 20.4. The standard InChI is InChI=1S/C13H12O2S/c14-12(11-5-2-7-15-11)10-4-1-3-9-6-8-16-13(9)10/h1,3-4,6,8,11H,2,5,7H2. The molecule has 0 spiro atoms. The second-order valence-electron chi connectivity index (χ2n) is 4.01. The van der Waals surface area contributed by atoms with Gasteiger partial charge in [-0.1, -0.05) is 12.1 Å². The number of carbonyl (C=O) groups is 1. The van der Waals surface area contributed by atoms with Crippen LogP contribution in [0.3, 0.4) is 0 Å². The molecule has 1 aromatic carbocycles. The Balaban J connectivity index is 2.04. The van der Waals surface area contributed by atoms with Gasteiger partial charge in [-0.2, -0.15) is 0 Å². The number of hydrogen-bond acceptors (Lipinski definition) is 3. The molecule has 2 nitrogen and oxygen atoms in total. The molecule has 0 saturated carbocycles. The first-order valence-corrected chi connectivity index (χ1v) is 6.36. The molecule has 1 atom stereocenters. The van der Waals surface area contributed by atoms with Crippen molar-refractivity contribution in [2.24, 2.45) is 0 Å².